The zero-order valence-corrected chi connectivity index (χ0v) is 18.8. The first-order valence-electron chi connectivity index (χ1n) is 9.88. The van der Waals surface area contributed by atoms with Crippen LogP contribution in [0.15, 0.2) is 95.4 Å². The minimum atomic E-state index is -3.34. The van der Waals surface area contributed by atoms with Crippen molar-refractivity contribution in [3.05, 3.63) is 107 Å². The number of hydrogen-bond donors (Lipinski definition) is 0. The highest BCUT2D eigenvalue weighted by Crippen LogP contribution is 2.38. The van der Waals surface area contributed by atoms with Gasteiger partial charge in [0.15, 0.2) is 9.84 Å². The van der Waals surface area contributed by atoms with Gasteiger partial charge in [0.1, 0.15) is 0 Å². The average Bonchev–Trinajstić information content (AvgIpc) is 2.73. The van der Waals surface area contributed by atoms with Gasteiger partial charge in [-0.2, -0.15) is 0 Å². The normalized spacial score (nSPS) is 14.6. The molecule has 5 heteroatoms. The summed E-state index contributed by atoms with van der Waals surface area (Å²) in [6.07, 6.45) is 3.32. The van der Waals surface area contributed by atoms with Crippen LogP contribution in [0.5, 0.6) is 0 Å². The van der Waals surface area contributed by atoms with Crippen molar-refractivity contribution in [2.24, 2.45) is 0 Å². The zero-order chi connectivity index (χ0) is 21.1. The molecule has 0 saturated carbocycles. The van der Waals surface area contributed by atoms with Crippen molar-refractivity contribution in [2.45, 2.75) is 10.9 Å². The molecule has 0 atom stereocenters. The lowest BCUT2D eigenvalue weighted by Gasteiger charge is -2.42. The van der Waals surface area contributed by atoms with Crippen molar-refractivity contribution < 1.29 is 8.42 Å². The fraction of sp³-hybridized carbons (Fsp3) is 0.200. The van der Waals surface area contributed by atoms with Crippen LogP contribution in [0.4, 0.5) is 0 Å². The van der Waals surface area contributed by atoms with Gasteiger partial charge >= 0.3 is 0 Å². The largest absolute Gasteiger partial charge is 0.284 e. The topological polar surface area (TPSA) is 37.4 Å². The molecule has 0 unspecified atom stereocenters. The molecule has 0 amide bonds. The lowest BCUT2D eigenvalue weighted by molar-refractivity contribution is 0.203. The number of likely N-dealkylation sites (tertiary alicyclic amines) is 1. The van der Waals surface area contributed by atoms with E-state index < -0.39 is 9.84 Å². The summed E-state index contributed by atoms with van der Waals surface area (Å²) in [7, 11) is -3.34. The van der Waals surface area contributed by atoms with Gasteiger partial charge in [-0.15, -0.1) is 11.8 Å². The van der Waals surface area contributed by atoms with Gasteiger partial charge in [0.05, 0.1) is 10.9 Å². The van der Waals surface area contributed by atoms with E-state index in [9.17, 15) is 8.42 Å². The van der Waals surface area contributed by atoms with Gasteiger partial charge in [-0.1, -0.05) is 72.8 Å². The lowest BCUT2D eigenvalue weighted by Crippen LogP contribution is -2.44. The minimum Gasteiger partial charge on any atom is -0.284 e. The predicted octanol–water partition coefficient (Wildman–Crippen LogP) is 5.27. The summed E-state index contributed by atoms with van der Waals surface area (Å²) in [6.45, 7) is 1.28. The predicted molar refractivity (Wildman–Crippen MR) is 126 cm³/mol. The van der Waals surface area contributed by atoms with Crippen LogP contribution in [0.25, 0.3) is 4.91 Å². The molecule has 1 saturated heterocycles. The van der Waals surface area contributed by atoms with E-state index in [1.807, 2.05) is 42.7 Å². The molecule has 0 aliphatic carbocycles. The van der Waals surface area contributed by atoms with E-state index in [1.165, 1.54) is 17.4 Å². The second-order valence-electron chi connectivity index (χ2n) is 7.57. The Kier molecular flexibility index (Phi) is 6.14. The molecule has 0 aromatic heterocycles. The lowest BCUT2D eigenvalue weighted by atomic mass is 9.92. The van der Waals surface area contributed by atoms with Crippen LogP contribution in [-0.4, -0.2) is 38.9 Å². The number of thioether (sulfide) groups is 1. The summed E-state index contributed by atoms with van der Waals surface area (Å²) in [5.74, 6) is 0. The molecule has 0 N–H and O–H groups in total. The Morgan fingerprint density at radius 2 is 1.43 bits per heavy atom. The number of hydrogen-bond acceptors (Lipinski definition) is 4. The first kappa shape index (κ1) is 20.9. The van der Waals surface area contributed by atoms with E-state index in [0.717, 1.165) is 16.0 Å². The molecule has 4 rings (SSSR count). The minimum absolute atomic E-state index is 0.106. The molecule has 3 aromatic carbocycles. The maximum absolute atomic E-state index is 12.7. The van der Waals surface area contributed by atoms with E-state index >= 15 is 0 Å². The molecule has 0 spiro atoms. The highest BCUT2D eigenvalue weighted by Gasteiger charge is 2.34. The van der Waals surface area contributed by atoms with Crippen molar-refractivity contribution in [1.82, 2.24) is 4.90 Å². The standard InChI is InChI=1S/C25H25NO2S2/c1-29-23-15-9-14-21(16-23)25(30(2,27)28)22-17-26(18-22)24(19-10-5-3-6-11-19)20-12-7-4-8-13-20/h3-16,24H,17-18H2,1-2H3. The van der Waals surface area contributed by atoms with Gasteiger partial charge < -0.3 is 0 Å². The molecule has 0 radical (unpaired) electrons. The Morgan fingerprint density at radius 3 is 1.93 bits per heavy atom. The van der Waals surface area contributed by atoms with Gasteiger partial charge in [-0.3, -0.25) is 4.90 Å². The van der Waals surface area contributed by atoms with E-state index in [1.54, 1.807) is 11.8 Å². The molecular formula is C25H25NO2S2. The second-order valence-corrected chi connectivity index (χ2v) is 10.4. The van der Waals surface area contributed by atoms with Crippen molar-refractivity contribution in [3.63, 3.8) is 0 Å². The van der Waals surface area contributed by atoms with Crippen LogP contribution in [0.1, 0.15) is 22.7 Å². The maximum atomic E-state index is 12.7. The van der Waals surface area contributed by atoms with Gasteiger partial charge in [0.25, 0.3) is 0 Å². The zero-order valence-electron chi connectivity index (χ0n) is 17.2. The molecule has 154 valence electrons. The van der Waals surface area contributed by atoms with Crippen LogP contribution in [0, 0.1) is 0 Å². The molecule has 3 nitrogen and oxygen atoms in total. The third-order valence-electron chi connectivity index (χ3n) is 5.41. The summed E-state index contributed by atoms with van der Waals surface area (Å²) in [6, 6.07) is 28.7. The number of sulfone groups is 1. The Morgan fingerprint density at radius 1 is 0.867 bits per heavy atom. The Balaban J connectivity index is 1.71. The highest BCUT2D eigenvalue weighted by atomic mass is 32.2. The SMILES string of the molecule is CSc1cccc(C(=C2CN(C(c3ccccc3)c3ccccc3)C2)S(C)(=O)=O)c1. The summed E-state index contributed by atoms with van der Waals surface area (Å²) in [5, 5.41) is 0. The van der Waals surface area contributed by atoms with Gasteiger partial charge in [0, 0.05) is 24.2 Å². The van der Waals surface area contributed by atoms with Crippen LogP contribution >= 0.6 is 11.8 Å². The smallest absolute Gasteiger partial charge is 0.176 e. The number of benzene rings is 3. The molecule has 1 heterocycles. The first-order valence-corrected chi connectivity index (χ1v) is 13.0. The first-order chi connectivity index (χ1) is 14.5. The van der Waals surface area contributed by atoms with E-state index in [-0.39, 0.29) is 6.04 Å². The van der Waals surface area contributed by atoms with E-state index in [4.69, 9.17) is 0 Å². The highest BCUT2D eigenvalue weighted by molar-refractivity contribution is 8.00. The van der Waals surface area contributed by atoms with Crippen molar-refractivity contribution in [1.29, 1.82) is 0 Å². The summed E-state index contributed by atoms with van der Waals surface area (Å²) >= 11 is 1.62. The monoisotopic (exact) mass is 435 g/mol. The maximum Gasteiger partial charge on any atom is 0.176 e. The molecule has 3 aromatic rings. The average molecular weight is 436 g/mol. The third kappa shape index (κ3) is 4.38. The molecule has 0 bridgehead atoms. The Bertz CT molecular complexity index is 1110. The molecule has 1 fully saturated rings. The molecule has 1 aliphatic rings. The van der Waals surface area contributed by atoms with Crippen LogP contribution in [0.3, 0.4) is 0 Å². The van der Waals surface area contributed by atoms with Gasteiger partial charge in [0.2, 0.25) is 0 Å². The molecule has 1 aliphatic heterocycles. The van der Waals surface area contributed by atoms with Crippen molar-refractivity contribution >= 4 is 26.5 Å². The van der Waals surface area contributed by atoms with Crippen LogP contribution in [0.2, 0.25) is 0 Å². The summed E-state index contributed by atoms with van der Waals surface area (Å²) in [5.41, 5.74) is 4.20. The number of rotatable bonds is 6. The Labute approximate surface area is 183 Å². The Hall–Kier alpha value is -2.34. The fourth-order valence-corrected chi connectivity index (χ4v) is 5.77. The summed E-state index contributed by atoms with van der Waals surface area (Å²) < 4.78 is 25.4. The van der Waals surface area contributed by atoms with Crippen LogP contribution < -0.4 is 0 Å². The molecular weight excluding hydrogens is 410 g/mol. The number of nitrogens with zero attached hydrogens (tertiary/aromatic N) is 1. The summed E-state index contributed by atoms with van der Waals surface area (Å²) in [4.78, 5) is 3.88. The van der Waals surface area contributed by atoms with Crippen LogP contribution in [-0.2, 0) is 9.84 Å². The molecule has 30 heavy (non-hydrogen) atoms. The second kappa shape index (κ2) is 8.80. The van der Waals surface area contributed by atoms with Gasteiger partial charge in [-0.25, -0.2) is 8.42 Å². The van der Waals surface area contributed by atoms with E-state index in [2.05, 4.69) is 53.4 Å². The van der Waals surface area contributed by atoms with Gasteiger partial charge in [-0.05, 0) is 40.7 Å². The fourth-order valence-electron chi connectivity index (χ4n) is 4.10. The van der Waals surface area contributed by atoms with Crippen molar-refractivity contribution in [3.8, 4) is 0 Å². The van der Waals surface area contributed by atoms with E-state index in [0.29, 0.717) is 18.0 Å². The van der Waals surface area contributed by atoms with Crippen molar-refractivity contribution in [2.75, 3.05) is 25.6 Å². The quantitative estimate of drug-likeness (QED) is 0.495. The third-order valence-corrected chi connectivity index (χ3v) is 7.40.